The molecule has 4 heteroatoms. The molecule has 1 atom stereocenters. The second kappa shape index (κ2) is 6.52. The number of hydrogen-bond donors (Lipinski definition) is 0. The van der Waals surface area contributed by atoms with Gasteiger partial charge in [-0.3, -0.25) is 4.90 Å². The Morgan fingerprint density at radius 1 is 1.04 bits per heavy atom. The maximum Gasteiger partial charge on any atom is 0.316 e. The topological polar surface area (TPSA) is 38.2 Å². The average molecular weight is 323 g/mol. The molecule has 1 saturated carbocycles. The lowest BCUT2D eigenvalue weighted by atomic mass is 9.74. The van der Waals surface area contributed by atoms with Crippen LogP contribution in [0, 0.1) is 0 Å². The summed E-state index contributed by atoms with van der Waals surface area (Å²) in [7, 11) is 1.58. The first-order valence-corrected chi connectivity index (χ1v) is 8.96. The van der Waals surface area contributed by atoms with Gasteiger partial charge in [0.2, 0.25) is 0 Å². The predicted octanol–water partition coefficient (Wildman–Crippen LogP) is 3.88. The van der Waals surface area contributed by atoms with Gasteiger partial charge in [0, 0.05) is 30.0 Å². The van der Waals surface area contributed by atoms with E-state index in [0.29, 0.717) is 6.01 Å². The maximum atomic E-state index is 5.01. The van der Waals surface area contributed by atoms with Crippen molar-refractivity contribution in [1.82, 2.24) is 14.9 Å². The molecule has 1 saturated heterocycles. The van der Waals surface area contributed by atoms with Crippen LogP contribution in [0.2, 0.25) is 0 Å². The number of ether oxygens (including phenoxy) is 1. The van der Waals surface area contributed by atoms with Crippen molar-refractivity contribution in [2.45, 2.75) is 50.6 Å². The van der Waals surface area contributed by atoms with E-state index in [9.17, 15) is 0 Å². The molecule has 2 fully saturated rings. The van der Waals surface area contributed by atoms with Gasteiger partial charge in [-0.25, -0.2) is 9.97 Å². The quantitative estimate of drug-likeness (QED) is 0.856. The van der Waals surface area contributed by atoms with Gasteiger partial charge < -0.3 is 4.74 Å². The summed E-state index contributed by atoms with van der Waals surface area (Å²) in [6.07, 6.45) is 9.01. The fourth-order valence-corrected chi connectivity index (χ4v) is 4.15. The monoisotopic (exact) mass is 323 g/mol. The van der Waals surface area contributed by atoms with Crippen molar-refractivity contribution in [2.75, 3.05) is 13.7 Å². The van der Waals surface area contributed by atoms with Crippen LogP contribution in [0.25, 0.3) is 11.1 Å². The molecule has 0 N–H and O–H groups in total. The summed E-state index contributed by atoms with van der Waals surface area (Å²) in [6, 6.07) is 10.9. The third kappa shape index (κ3) is 2.91. The molecule has 4 nitrogen and oxygen atoms in total. The first-order chi connectivity index (χ1) is 11.7. The van der Waals surface area contributed by atoms with E-state index in [4.69, 9.17) is 4.74 Å². The number of nitrogens with zero attached hydrogens (tertiary/aromatic N) is 3. The Bertz CT molecular complexity index is 677. The van der Waals surface area contributed by atoms with E-state index >= 15 is 0 Å². The lowest BCUT2D eigenvalue weighted by molar-refractivity contribution is 0.103. The average Bonchev–Trinajstić information content (AvgIpc) is 3.00. The van der Waals surface area contributed by atoms with Crippen LogP contribution in [0.15, 0.2) is 36.7 Å². The summed E-state index contributed by atoms with van der Waals surface area (Å²) in [5.41, 5.74) is 3.65. The molecule has 0 unspecified atom stereocenters. The van der Waals surface area contributed by atoms with Gasteiger partial charge >= 0.3 is 6.01 Å². The summed E-state index contributed by atoms with van der Waals surface area (Å²) >= 11 is 0. The molecule has 4 rings (SSSR count). The van der Waals surface area contributed by atoms with Crippen LogP contribution < -0.4 is 4.74 Å². The van der Waals surface area contributed by atoms with E-state index in [1.54, 1.807) is 7.11 Å². The smallest absolute Gasteiger partial charge is 0.316 e. The standard InChI is InChI=1S/C20H25N3O/c1-14-4-3-9-23(14)19-10-17(11-19)15-5-7-16(8-6-15)18-12-21-20(24-2)22-13-18/h5-8,12-14,17,19H,3-4,9-11H2,1-2H3/t14-,17-,19-/m1/s1. The summed E-state index contributed by atoms with van der Waals surface area (Å²) in [4.78, 5) is 11.1. The number of rotatable bonds is 4. The number of likely N-dealkylation sites (tertiary alicyclic amines) is 1. The highest BCUT2D eigenvalue weighted by Crippen LogP contribution is 2.42. The molecule has 1 aromatic heterocycles. The van der Waals surface area contributed by atoms with Gasteiger partial charge in [-0.15, -0.1) is 0 Å². The molecule has 0 radical (unpaired) electrons. The summed E-state index contributed by atoms with van der Waals surface area (Å²) in [6.45, 7) is 3.68. The highest BCUT2D eigenvalue weighted by molar-refractivity contribution is 5.62. The van der Waals surface area contributed by atoms with E-state index in [1.807, 2.05) is 12.4 Å². The van der Waals surface area contributed by atoms with Crippen molar-refractivity contribution in [3.8, 4) is 17.1 Å². The fraction of sp³-hybridized carbons (Fsp3) is 0.500. The van der Waals surface area contributed by atoms with Gasteiger partial charge in [-0.05, 0) is 56.2 Å². The zero-order valence-corrected chi connectivity index (χ0v) is 14.5. The van der Waals surface area contributed by atoms with Crippen molar-refractivity contribution >= 4 is 0 Å². The van der Waals surface area contributed by atoms with Crippen LogP contribution in [0.4, 0.5) is 0 Å². The number of benzene rings is 1. The molecule has 126 valence electrons. The summed E-state index contributed by atoms with van der Waals surface area (Å²) in [5.74, 6) is 0.726. The normalized spacial score (nSPS) is 27.0. The van der Waals surface area contributed by atoms with E-state index in [2.05, 4.69) is 46.1 Å². The lowest BCUT2D eigenvalue weighted by Gasteiger charge is -2.43. The molecule has 2 aromatic rings. The van der Waals surface area contributed by atoms with Crippen molar-refractivity contribution in [2.24, 2.45) is 0 Å². The Kier molecular flexibility index (Phi) is 4.23. The number of methoxy groups -OCH3 is 1. The molecule has 1 aliphatic heterocycles. The van der Waals surface area contributed by atoms with Crippen molar-refractivity contribution in [3.63, 3.8) is 0 Å². The van der Waals surface area contributed by atoms with Crippen molar-refractivity contribution in [1.29, 1.82) is 0 Å². The Balaban J connectivity index is 1.39. The van der Waals surface area contributed by atoms with Gasteiger partial charge in [0.15, 0.2) is 0 Å². The molecular weight excluding hydrogens is 298 g/mol. The van der Waals surface area contributed by atoms with Gasteiger partial charge in [-0.2, -0.15) is 0 Å². The SMILES string of the molecule is COc1ncc(-c2ccc([C@H]3C[C@H](N4CCC[C@H]4C)C3)cc2)cn1. The van der Waals surface area contributed by atoms with Crippen molar-refractivity contribution in [3.05, 3.63) is 42.2 Å². The second-order valence-electron chi connectivity index (χ2n) is 7.13. The molecule has 24 heavy (non-hydrogen) atoms. The molecular formula is C20H25N3O. The third-order valence-electron chi connectivity index (χ3n) is 5.71. The molecule has 1 aromatic carbocycles. The number of aromatic nitrogens is 2. The summed E-state index contributed by atoms with van der Waals surface area (Å²) in [5, 5.41) is 0. The van der Waals surface area contributed by atoms with Crippen LogP contribution in [-0.4, -0.2) is 40.6 Å². The van der Waals surface area contributed by atoms with E-state index < -0.39 is 0 Å². The molecule has 0 amide bonds. The van der Waals surface area contributed by atoms with Gasteiger partial charge in [-0.1, -0.05) is 24.3 Å². The number of hydrogen-bond acceptors (Lipinski definition) is 4. The van der Waals surface area contributed by atoms with Crippen LogP contribution in [0.5, 0.6) is 6.01 Å². The van der Waals surface area contributed by atoms with Crippen LogP contribution in [0.3, 0.4) is 0 Å². The maximum absolute atomic E-state index is 5.01. The highest BCUT2D eigenvalue weighted by atomic mass is 16.5. The first kappa shape index (κ1) is 15.6. The minimum Gasteiger partial charge on any atom is -0.467 e. The predicted molar refractivity (Wildman–Crippen MR) is 95.2 cm³/mol. The van der Waals surface area contributed by atoms with Gasteiger partial charge in [0.05, 0.1) is 7.11 Å². The minimum atomic E-state index is 0.409. The lowest BCUT2D eigenvalue weighted by Crippen LogP contribution is -2.45. The van der Waals surface area contributed by atoms with Crippen LogP contribution >= 0.6 is 0 Å². The summed E-state index contributed by atoms with van der Waals surface area (Å²) < 4.78 is 5.01. The third-order valence-corrected chi connectivity index (χ3v) is 5.71. The highest BCUT2D eigenvalue weighted by Gasteiger charge is 2.37. The Labute approximate surface area is 143 Å². The first-order valence-electron chi connectivity index (χ1n) is 8.96. The van der Waals surface area contributed by atoms with E-state index in [0.717, 1.165) is 29.1 Å². The molecule has 2 aliphatic rings. The molecule has 0 spiro atoms. The second-order valence-corrected chi connectivity index (χ2v) is 7.13. The fourth-order valence-electron chi connectivity index (χ4n) is 4.15. The zero-order chi connectivity index (χ0) is 16.5. The van der Waals surface area contributed by atoms with Gasteiger partial charge in [0.25, 0.3) is 0 Å². The van der Waals surface area contributed by atoms with Gasteiger partial charge in [0.1, 0.15) is 0 Å². The van der Waals surface area contributed by atoms with Crippen LogP contribution in [0.1, 0.15) is 44.1 Å². The Morgan fingerprint density at radius 3 is 2.33 bits per heavy atom. The minimum absolute atomic E-state index is 0.409. The van der Waals surface area contributed by atoms with E-state index in [-0.39, 0.29) is 0 Å². The van der Waals surface area contributed by atoms with Crippen LogP contribution in [-0.2, 0) is 0 Å². The molecule has 2 heterocycles. The Morgan fingerprint density at radius 2 is 1.75 bits per heavy atom. The largest absolute Gasteiger partial charge is 0.467 e. The zero-order valence-electron chi connectivity index (χ0n) is 14.5. The van der Waals surface area contributed by atoms with E-state index in [1.165, 1.54) is 37.8 Å². The molecule has 0 bridgehead atoms. The molecule has 1 aliphatic carbocycles. The Hall–Kier alpha value is -1.94. The van der Waals surface area contributed by atoms with Crippen molar-refractivity contribution < 1.29 is 4.74 Å².